The van der Waals surface area contributed by atoms with Crippen LogP contribution >= 0.6 is 0 Å². The molecule has 2 aliphatic rings. The Morgan fingerprint density at radius 3 is 2.43 bits per heavy atom. The van der Waals surface area contributed by atoms with E-state index in [2.05, 4.69) is 5.32 Å². The maximum absolute atomic E-state index is 12.6. The molecule has 1 N–H and O–H groups in total. The molecule has 0 saturated carbocycles. The minimum atomic E-state index is -3.78. The molecule has 1 aromatic carbocycles. The number of nitro groups is 1. The zero-order valence-electron chi connectivity index (χ0n) is 11.5. The lowest BCUT2D eigenvalue weighted by Gasteiger charge is -2.51. The van der Waals surface area contributed by atoms with E-state index >= 15 is 0 Å². The third-order valence-electron chi connectivity index (χ3n) is 4.37. The Morgan fingerprint density at radius 2 is 1.81 bits per heavy atom. The van der Waals surface area contributed by atoms with Crippen LogP contribution in [0.15, 0.2) is 29.2 Å². The van der Waals surface area contributed by atoms with Crippen LogP contribution in [0.5, 0.6) is 0 Å². The molecule has 2 fully saturated rings. The zero-order chi connectivity index (χ0) is 15.1. The molecular formula is C13H17N3O4S. The van der Waals surface area contributed by atoms with Gasteiger partial charge in [-0.1, -0.05) is 12.1 Å². The van der Waals surface area contributed by atoms with E-state index in [1.165, 1.54) is 28.6 Å². The molecule has 114 valence electrons. The highest BCUT2D eigenvalue weighted by molar-refractivity contribution is 7.89. The second-order valence-corrected chi connectivity index (χ2v) is 7.65. The van der Waals surface area contributed by atoms with Gasteiger partial charge in [-0.05, 0) is 32.0 Å². The highest BCUT2D eigenvalue weighted by Gasteiger charge is 2.49. The van der Waals surface area contributed by atoms with E-state index in [-0.39, 0.29) is 16.0 Å². The van der Waals surface area contributed by atoms with E-state index in [0.717, 1.165) is 25.9 Å². The molecule has 0 aliphatic carbocycles. The third kappa shape index (κ3) is 2.43. The number of nitro benzene ring substituents is 1. The van der Waals surface area contributed by atoms with Crippen molar-refractivity contribution < 1.29 is 13.3 Å². The molecule has 3 rings (SSSR count). The molecule has 1 spiro atoms. The lowest BCUT2D eigenvalue weighted by molar-refractivity contribution is -0.387. The van der Waals surface area contributed by atoms with Crippen LogP contribution in [-0.2, 0) is 10.0 Å². The van der Waals surface area contributed by atoms with Crippen molar-refractivity contribution in [3.8, 4) is 0 Å². The highest BCUT2D eigenvalue weighted by atomic mass is 32.2. The van der Waals surface area contributed by atoms with Crippen LogP contribution in [0.4, 0.5) is 5.69 Å². The third-order valence-corrected chi connectivity index (χ3v) is 6.21. The van der Waals surface area contributed by atoms with Crippen molar-refractivity contribution in [3.63, 3.8) is 0 Å². The summed E-state index contributed by atoms with van der Waals surface area (Å²) in [5.41, 5.74) is -0.300. The molecule has 0 amide bonds. The first-order valence-electron chi connectivity index (χ1n) is 6.89. The standard InChI is InChI=1S/C13H17N3O4S/c17-16(18)11-3-1-2-4-12(11)21(19,20)15-9-13(10-15)5-7-14-8-6-13/h1-4,14H,5-10H2. The summed E-state index contributed by atoms with van der Waals surface area (Å²) in [6.07, 6.45) is 1.91. The van der Waals surface area contributed by atoms with Crippen molar-refractivity contribution >= 4 is 15.7 Å². The van der Waals surface area contributed by atoms with Gasteiger partial charge in [0.05, 0.1) is 4.92 Å². The molecule has 8 heteroatoms. The summed E-state index contributed by atoms with van der Waals surface area (Å²) in [6.45, 7) is 2.73. The Hall–Kier alpha value is -1.51. The second-order valence-electron chi connectivity index (χ2n) is 5.75. The van der Waals surface area contributed by atoms with Crippen molar-refractivity contribution in [1.29, 1.82) is 0 Å². The van der Waals surface area contributed by atoms with Gasteiger partial charge < -0.3 is 5.32 Å². The van der Waals surface area contributed by atoms with Crippen LogP contribution in [0.3, 0.4) is 0 Å². The van der Waals surface area contributed by atoms with Gasteiger partial charge in [0.15, 0.2) is 4.90 Å². The van der Waals surface area contributed by atoms with Crippen LogP contribution < -0.4 is 5.32 Å². The fourth-order valence-electron chi connectivity index (χ4n) is 3.11. The SMILES string of the molecule is O=[N+]([O-])c1ccccc1S(=O)(=O)N1CC2(CCNCC2)C1. The van der Waals surface area contributed by atoms with Crippen LogP contribution in [0.2, 0.25) is 0 Å². The maximum atomic E-state index is 12.6. The topological polar surface area (TPSA) is 92.5 Å². The molecule has 7 nitrogen and oxygen atoms in total. The number of hydrogen-bond donors (Lipinski definition) is 1. The van der Waals surface area contributed by atoms with E-state index in [1.54, 1.807) is 0 Å². The summed E-state index contributed by atoms with van der Waals surface area (Å²) in [6, 6.07) is 5.52. The maximum Gasteiger partial charge on any atom is 0.289 e. The first-order chi connectivity index (χ1) is 9.95. The van der Waals surface area contributed by atoms with E-state index in [1.807, 2.05) is 0 Å². The van der Waals surface area contributed by atoms with Gasteiger partial charge in [-0.25, -0.2) is 8.42 Å². The Bertz CT molecular complexity index is 660. The molecule has 1 aromatic rings. The Balaban J connectivity index is 1.85. The summed E-state index contributed by atoms with van der Waals surface area (Å²) in [4.78, 5) is 10.2. The molecule has 0 aromatic heterocycles. The number of piperidine rings is 1. The number of para-hydroxylation sites is 1. The smallest absolute Gasteiger partial charge is 0.289 e. The van der Waals surface area contributed by atoms with Crippen molar-refractivity contribution in [2.45, 2.75) is 17.7 Å². The number of nitrogens with one attached hydrogen (secondary N) is 1. The molecule has 2 aliphatic heterocycles. The van der Waals surface area contributed by atoms with Gasteiger partial charge in [0.2, 0.25) is 10.0 Å². The number of rotatable bonds is 3. The van der Waals surface area contributed by atoms with Crippen molar-refractivity contribution in [2.24, 2.45) is 5.41 Å². The number of benzene rings is 1. The van der Waals surface area contributed by atoms with Gasteiger partial charge in [0, 0.05) is 24.6 Å². The van der Waals surface area contributed by atoms with Crippen molar-refractivity contribution in [1.82, 2.24) is 9.62 Å². The van der Waals surface area contributed by atoms with Gasteiger partial charge in [-0.15, -0.1) is 0 Å². The normalized spacial score (nSPS) is 21.9. The highest BCUT2D eigenvalue weighted by Crippen LogP contribution is 2.42. The van der Waals surface area contributed by atoms with Crippen LogP contribution in [0.1, 0.15) is 12.8 Å². The molecule has 0 unspecified atom stereocenters. The van der Waals surface area contributed by atoms with Gasteiger partial charge in [0.25, 0.3) is 5.69 Å². The Labute approximate surface area is 123 Å². The monoisotopic (exact) mass is 311 g/mol. The largest absolute Gasteiger partial charge is 0.317 e. The predicted molar refractivity (Wildman–Crippen MR) is 76.4 cm³/mol. The minimum absolute atomic E-state index is 0.0574. The number of sulfonamides is 1. The van der Waals surface area contributed by atoms with Gasteiger partial charge in [-0.2, -0.15) is 4.31 Å². The van der Waals surface area contributed by atoms with Crippen molar-refractivity contribution in [2.75, 3.05) is 26.2 Å². The summed E-state index contributed by atoms with van der Waals surface area (Å²) in [5, 5.41) is 14.3. The molecule has 0 bridgehead atoms. The molecule has 2 saturated heterocycles. The fraction of sp³-hybridized carbons (Fsp3) is 0.538. The average molecular weight is 311 g/mol. The molecule has 0 radical (unpaired) electrons. The fourth-order valence-corrected chi connectivity index (χ4v) is 4.93. The van der Waals surface area contributed by atoms with Crippen LogP contribution in [0.25, 0.3) is 0 Å². The summed E-state index contributed by atoms with van der Waals surface area (Å²) < 4.78 is 26.5. The Morgan fingerprint density at radius 1 is 1.19 bits per heavy atom. The van der Waals surface area contributed by atoms with E-state index in [0.29, 0.717) is 13.1 Å². The summed E-state index contributed by atoms with van der Waals surface area (Å²) in [7, 11) is -3.78. The van der Waals surface area contributed by atoms with Crippen LogP contribution in [-0.4, -0.2) is 43.8 Å². The van der Waals surface area contributed by atoms with E-state index in [9.17, 15) is 18.5 Å². The van der Waals surface area contributed by atoms with E-state index in [4.69, 9.17) is 0 Å². The molecular weight excluding hydrogens is 294 g/mol. The second kappa shape index (κ2) is 5.04. The number of nitrogens with zero attached hydrogens (tertiary/aromatic N) is 2. The first kappa shape index (κ1) is 14.4. The lowest BCUT2D eigenvalue weighted by atomic mass is 9.74. The quantitative estimate of drug-likeness (QED) is 0.663. The van der Waals surface area contributed by atoms with E-state index < -0.39 is 14.9 Å². The van der Waals surface area contributed by atoms with Gasteiger partial charge in [-0.3, -0.25) is 10.1 Å². The van der Waals surface area contributed by atoms with Crippen LogP contribution in [0, 0.1) is 15.5 Å². The molecule has 21 heavy (non-hydrogen) atoms. The van der Waals surface area contributed by atoms with Gasteiger partial charge >= 0.3 is 0 Å². The van der Waals surface area contributed by atoms with Crippen molar-refractivity contribution in [3.05, 3.63) is 34.4 Å². The summed E-state index contributed by atoms with van der Waals surface area (Å²) in [5.74, 6) is 0. The number of hydrogen-bond acceptors (Lipinski definition) is 5. The summed E-state index contributed by atoms with van der Waals surface area (Å²) >= 11 is 0. The lowest BCUT2D eigenvalue weighted by Crippen LogP contribution is -2.61. The average Bonchev–Trinajstić information content (AvgIpc) is 2.45. The molecule has 0 atom stereocenters. The molecule has 2 heterocycles. The Kier molecular flexibility index (Phi) is 3.46. The zero-order valence-corrected chi connectivity index (χ0v) is 12.3. The first-order valence-corrected chi connectivity index (χ1v) is 8.33. The van der Waals surface area contributed by atoms with Gasteiger partial charge in [0.1, 0.15) is 0 Å². The predicted octanol–water partition coefficient (Wildman–Crippen LogP) is 0.969. The minimum Gasteiger partial charge on any atom is -0.317 e.